The van der Waals surface area contributed by atoms with Gasteiger partial charge in [0.25, 0.3) is 0 Å². The van der Waals surface area contributed by atoms with Gasteiger partial charge in [-0.15, -0.1) is 0 Å². The van der Waals surface area contributed by atoms with E-state index in [1.54, 1.807) is 43.3 Å². The highest BCUT2D eigenvalue weighted by atomic mass is 35.5. The summed E-state index contributed by atoms with van der Waals surface area (Å²) in [5, 5.41) is 14.0. The van der Waals surface area contributed by atoms with E-state index in [0.29, 0.717) is 31.0 Å². The smallest absolute Gasteiger partial charge is 0.355 e. The topological polar surface area (TPSA) is 102 Å². The largest absolute Gasteiger partial charge is 0.387 e. The average molecular weight is 536 g/mol. The minimum atomic E-state index is -3.97. The molecule has 10 heteroatoms. The molecule has 0 aliphatic heterocycles. The summed E-state index contributed by atoms with van der Waals surface area (Å²) in [6.07, 6.45) is 0.576. The van der Waals surface area contributed by atoms with Gasteiger partial charge in [0, 0.05) is 18.0 Å². The zero-order valence-electron chi connectivity index (χ0n) is 19.6. The van der Waals surface area contributed by atoms with E-state index in [2.05, 4.69) is 15.1 Å². The maximum Gasteiger partial charge on any atom is 0.355 e. The second-order valence-electron chi connectivity index (χ2n) is 8.05. The van der Waals surface area contributed by atoms with E-state index in [4.69, 9.17) is 11.6 Å². The summed E-state index contributed by atoms with van der Waals surface area (Å²) >= 11 is 5.95. The van der Waals surface area contributed by atoms with Gasteiger partial charge in [-0.1, -0.05) is 42.8 Å². The fourth-order valence-electron chi connectivity index (χ4n) is 3.33. The lowest BCUT2D eigenvalue weighted by Crippen LogP contribution is -2.23. The number of sulfone groups is 1. The van der Waals surface area contributed by atoms with E-state index < -0.39 is 27.7 Å². The van der Waals surface area contributed by atoms with Crippen LogP contribution in [0, 0.1) is 5.82 Å². The van der Waals surface area contributed by atoms with Crippen molar-refractivity contribution in [3.8, 4) is 5.75 Å². The first kappa shape index (κ1) is 27.6. The number of hydrogen-bond donors (Lipinski definition) is 2. The fraction of sp³-hybridized carbons (Fsp3) is 0.269. The zero-order valence-corrected chi connectivity index (χ0v) is 21.2. The molecule has 3 aromatic rings. The second kappa shape index (κ2) is 12.8. The molecular formula is C26H27ClFNO6S. The molecule has 3 aromatic carbocycles. The van der Waals surface area contributed by atoms with Crippen LogP contribution in [0.3, 0.4) is 0 Å². The summed E-state index contributed by atoms with van der Waals surface area (Å²) < 4.78 is 40.2. The standard InChI is InChI=1S/C26H27ClFNO6S/c1-2-4-26(31)35-34-25-12-11-22(16-23(25)28)36(32,33)21-9-7-18(8-10-21)13-14-29-17-24(30)19-5-3-6-20(27)15-19/h3,5-12,15-16,24,29-30H,2,4,13-14,17H2,1H3/t24-/m0/s1. The van der Waals surface area contributed by atoms with Gasteiger partial charge in [0.15, 0.2) is 5.82 Å². The Morgan fingerprint density at radius 2 is 1.81 bits per heavy atom. The third-order valence-electron chi connectivity index (χ3n) is 5.29. The number of carbonyl (C=O) groups excluding carboxylic acids is 1. The number of aliphatic hydroxyl groups is 1. The Morgan fingerprint density at radius 3 is 2.47 bits per heavy atom. The Balaban J connectivity index is 1.55. The molecule has 0 heterocycles. The van der Waals surface area contributed by atoms with Crippen molar-refractivity contribution in [3.63, 3.8) is 0 Å². The molecule has 0 aromatic heterocycles. The highest BCUT2D eigenvalue weighted by Gasteiger charge is 2.20. The lowest BCUT2D eigenvalue weighted by Gasteiger charge is -2.13. The van der Waals surface area contributed by atoms with Gasteiger partial charge in [-0.3, -0.25) is 9.78 Å². The molecule has 2 N–H and O–H groups in total. The van der Waals surface area contributed by atoms with E-state index in [-0.39, 0.29) is 22.0 Å². The fourth-order valence-corrected chi connectivity index (χ4v) is 4.80. The van der Waals surface area contributed by atoms with E-state index in [1.807, 2.05) is 0 Å². The number of hydrogen-bond acceptors (Lipinski definition) is 7. The number of halogens is 2. The Bertz CT molecular complexity index is 1280. The monoisotopic (exact) mass is 535 g/mol. The van der Waals surface area contributed by atoms with Gasteiger partial charge in [0.05, 0.1) is 15.9 Å². The first-order valence-electron chi connectivity index (χ1n) is 11.4. The number of aliphatic hydroxyl groups excluding tert-OH is 1. The molecule has 1 atom stereocenters. The van der Waals surface area contributed by atoms with Crippen molar-refractivity contribution in [2.45, 2.75) is 42.1 Å². The molecule has 0 unspecified atom stereocenters. The second-order valence-corrected chi connectivity index (χ2v) is 10.4. The van der Waals surface area contributed by atoms with Crippen LogP contribution in [0.4, 0.5) is 4.39 Å². The Kier molecular flexibility index (Phi) is 9.83. The molecule has 0 saturated carbocycles. The summed E-state index contributed by atoms with van der Waals surface area (Å²) in [6, 6.07) is 16.4. The van der Waals surface area contributed by atoms with Gasteiger partial charge < -0.3 is 10.4 Å². The third kappa shape index (κ3) is 7.51. The summed E-state index contributed by atoms with van der Waals surface area (Å²) in [4.78, 5) is 20.3. The minimum Gasteiger partial charge on any atom is -0.387 e. The van der Waals surface area contributed by atoms with Crippen LogP contribution < -0.4 is 10.2 Å². The molecular weight excluding hydrogens is 509 g/mol. The molecule has 0 aliphatic rings. The van der Waals surface area contributed by atoms with Crippen molar-refractivity contribution in [1.29, 1.82) is 0 Å². The molecule has 0 aliphatic carbocycles. The van der Waals surface area contributed by atoms with E-state index in [1.165, 1.54) is 18.2 Å². The molecule has 0 amide bonds. The Morgan fingerprint density at radius 1 is 1.08 bits per heavy atom. The molecule has 7 nitrogen and oxygen atoms in total. The zero-order chi connectivity index (χ0) is 26.1. The first-order valence-corrected chi connectivity index (χ1v) is 13.2. The maximum absolute atomic E-state index is 14.3. The van der Waals surface area contributed by atoms with Crippen LogP contribution in [-0.4, -0.2) is 32.6 Å². The molecule has 0 saturated heterocycles. The third-order valence-corrected chi connectivity index (χ3v) is 7.29. The quantitative estimate of drug-likeness (QED) is 0.195. The Hall–Kier alpha value is -2.98. The lowest BCUT2D eigenvalue weighted by atomic mass is 10.1. The molecule has 0 fully saturated rings. The van der Waals surface area contributed by atoms with Gasteiger partial charge >= 0.3 is 5.97 Å². The molecule has 192 valence electrons. The van der Waals surface area contributed by atoms with Crippen LogP contribution >= 0.6 is 11.6 Å². The summed E-state index contributed by atoms with van der Waals surface area (Å²) in [6.45, 7) is 2.69. The predicted octanol–water partition coefficient (Wildman–Crippen LogP) is 4.81. The van der Waals surface area contributed by atoms with Crippen LogP contribution in [0.5, 0.6) is 5.75 Å². The molecule has 0 bridgehead atoms. The van der Waals surface area contributed by atoms with Crippen LogP contribution in [0.2, 0.25) is 5.02 Å². The summed E-state index contributed by atoms with van der Waals surface area (Å²) in [7, 11) is -3.97. The van der Waals surface area contributed by atoms with Gasteiger partial charge in [0.2, 0.25) is 15.6 Å². The number of rotatable bonds is 12. The average Bonchev–Trinajstić information content (AvgIpc) is 2.86. The predicted molar refractivity (Wildman–Crippen MR) is 133 cm³/mol. The lowest BCUT2D eigenvalue weighted by molar-refractivity contribution is -0.214. The van der Waals surface area contributed by atoms with Crippen LogP contribution in [-0.2, 0) is 25.9 Å². The number of nitrogens with one attached hydrogen (secondary N) is 1. The van der Waals surface area contributed by atoms with Gasteiger partial charge in [-0.25, -0.2) is 17.6 Å². The van der Waals surface area contributed by atoms with Crippen LogP contribution in [0.1, 0.15) is 37.0 Å². The van der Waals surface area contributed by atoms with Crippen LogP contribution in [0.15, 0.2) is 76.5 Å². The van der Waals surface area contributed by atoms with Gasteiger partial charge in [-0.2, -0.15) is 0 Å². The van der Waals surface area contributed by atoms with Crippen molar-refractivity contribution in [1.82, 2.24) is 5.32 Å². The highest BCUT2D eigenvalue weighted by Crippen LogP contribution is 2.26. The number of carbonyl (C=O) groups is 1. The maximum atomic E-state index is 14.3. The van der Waals surface area contributed by atoms with E-state index in [0.717, 1.165) is 23.3 Å². The SMILES string of the molecule is CCCC(=O)OOc1ccc(S(=O)(=O)c2ccc(CCNC[C@H](O)c3cccc(Cl)c3)cc2)cc1F. The number of benzene rings is 3. The minimum absolute atomic E-state index is 0.0121. The van der Waals surface area contributed by atoms with E-state index >= 15 is 0 Å². The van der Waals surface area contributed by atoms with Gasteiger partial charge in [0.1, 0.15) is 0 Å². The summed E-state index contributed by atoms with van der Waals surface area (Å²) in [5.41, 5.74) is 1.61. The highest BCUT2D eigenvalue weighted by molar-refractivity contribution is 7.91. The Labute approximate surface area is 214 Å². The normalized spacial score (nSPS) is 12.2. The first-order chi connectivity index (χ1) is 17.2. The van der Waals surface area contributed by atoms with E-state index in [9.17, 15) is 22.7 Å². The van der Waals surface area contributed by atoms with Gasteiger partial charge in [-0.05, 0) is 73.0 Å². The van der Waals surface area contributed by atoms with Crippen molar-refractivity contribution in [3.05, 3.63) is 88.7 Å². The van der Waals surface area contributed by atoms with Crippen molar-refractivity contribution in [2.75, 3.05) is 13.1 Å². The molecule has 0 radical (unpaired) electrons. The molecule has 3 rings (SSSR count). The molecule has 0 spiro atoms. The van der Waals surface area contributed by atoms with Crippen LogP contribution in [0.25, 0.3) is 0 Å². The van der Waals surface area contributed by atoms with Crippen molar-refractivity contribution in [2.24, 2.45) is 0 Å². The van der Waals surface area contributed by atoms with Crippen molar-refractivity contribution >= 4 is 27.4 Å². The van der Waals surface area contributed by atoms with Crippen molar-refractivity contribution < 1.29 is 32.5 Å². The molecule has 36 heavy (non-hydrogen) atoms. The summed E-state index contributed by atoms with van der Waals surface area (Å²) in [5.74, 6) is -2.01.